The van der Waals surface area contributed by atoms with Crippen molar-refractivity contribution in [1.82, 2.24) is 6.15 Å². The van der Waals surface area contributed by atoms with E-state index in [1.807, 2.05) is 0 Å². The van der Waals surface area contributed by atoms with Crippen LogP contribution in [0.3, 0.4) is 0 Å². The van der Waals surface area contributed by atoms with E-state index < -0.39 is 0 Å². The average molecular weight is 161 g/mol. The molecule has 0 saturated heterocycles. The molecule has 0 fully saturated rings. The first kappa shape index (κ1) is 17.2. The summed E-state index contributed by atoms with van der Waals surface area (Å²) >= 11 is 0. The molecule has 11 heavy (non-hydrogen) atoms. The van der Waals surface area contributed by atoms with E-state index in [-0.39, 0.29) is 13.6 Å². The summed E-state index contributed by atoms with van der Waals surface area (Å²) in [6, 6.07) is 0. The second kappa shape index (κ2) is 9.96. The standard InChI is InChI=1S/C9H20.CH4.H3N/c1-5-8(3)7-9(4)6-2;;/h8-9H,5-7H2,1-4H3;1H4;1H3. The van der Waals surface area contributed by atoms with Gasteiger partial charge in [-0.3, -0.25) is 0 Å². The maximum atomic E-state index is 2.34. The van der Waals surface area contributed by atoms with Gasteiger partial charge in [0.15, 0.2) is 0 Å². The fraction of sp³-hybridized carbons (Fsp3) is 1.00. The lowest BCUT2D eigenvalue weighted by Gasteiger charge is -2.12. The van der Waals surface area contributed by atoms with E-state index in [4.69, 9.17) is 0 Å². The molecule has 0 aliphatic rings. The Morgan fingerprint density at radius 2 is 1.18 bits per heavy atom. The van der Waals surface area contributed by atoms with Crippen molar-refractivity contribution in [3.8, 4) is 0 Å². The van der Waals surface area contributed by atoms with Crippen LogP contribution in [0.4, 0.5) is 0 Å². The second-order valence-corrected chi connectivity index (χ2v) is 3.26. The van der Waals surface area contributed by atoms with Crippen molar-refractivity contribution < 1.29 is 0 Å². The van der Waals surface area contributed by atoms with E-state index >= 15 is 0 Å². The Morgan fingerprint density at radius 1 is 0.909 bits per heavy atom. The van der Waals surface area contributed by atoms with Gasteiger partial charge in [-0.05, 0) is 18.3 Å². The molecule has 0 aliphatic carbocycles. The molecule has 0 aromatic rings. The first-order chi connectivity index (χ1) is 4.20. The Balaban J connectivity index is -0.000000320. The van der Waals surface area contributed by atoms with Crippen LogP contribution in [-0.4, -0.2) is 0 Å². The van der Waals surface area contributed by atoms with Crippen molar-refractivity contribution in [2.75, 3.05) is 0 Å². The molecule has 0 radical (unpaired) electrons. The lowest BCUT2D eigenvalue weighted by molar-refractivity contribution is 0.397. The van der Waals surface area contributed by atoms with Crippen molar-refractivity contribution in [2.45, 2.75) is 54.4 Å². The predicted octanol–water partition coefficient (Wildman–Crippen LogP) is 4.27. The minimum atomic E-state index is 0. The van der Waals surface area contributed by atoms with Crippen LogP contribution >= 0.6 is 0 Å². The van der Waals surface area contributed by atoms with Crippen LogP contribution in [0.2, 0.25) is 0 Å². The smallest absolute Gasteiger partial charge is 0.0443 e. The van der Waals surface area contributed by atoms with Gasteiger partial charge in [-0.2, -0.15) is 0 Å². The zero-order valence-electron chi connectivity index (χ0n) is 7.98. The van der Waals surface area contributed by atoms with Gasteiger partial charge in [-0.15, -0.1) is 0 Å². The maximum absolute atomic E-state index is 2.34. The van der Waals surface area contributed by atoms with Crippen molar-refractivity contribution >= 4 is 0 Å². The molecular formula is C10H27N. The largest absolute Gasteiger partial charge is 0.344 e. The van der Waals surface area contributed by atoms with Crippen LogP contribution < -0.4 is 6.15 Å². The average Bonchev–Trinajstić information content (AvgIpc) is 1.87. The quantitative estimate of drug-likeness (QED) is 0.656. The molecule has 0 amide bonds. The third-order valence-electron chi connectivity index (χ3n) is 2.20. The molecule has 0 aromatic carbocycles. The van der Waals surface area contributed by atoms with Crippen LogP contribution in [0.15, 0.2) is 0 Å². The minimum absolute atomic E-state index is 0. The monoisotopic (exact) mass is 161 g/mol. The highest BCUT2D eigenvalue weighted by Crippen LogP contribution is 2.16. The Morgan fingerprint density at radius 3 is 1.36 bits per heavy atom. The van der Waals surface area contributed by atoms with Crippen molar-refractivity contribution in [3.63, 3.8) is 0 Å². The molecule has 0 spiro atoms. The van der Waals surface area contributed by atoms with Crippen molar-refractivity contribution in [3.05, 3.63) is 0 Å². The van der Waals surface area contributed by atoms with E-state index in [1.165, 1.54) is 19.3 Å². The fourth-order valence-electron chi connectivity index (χ4n) is 1.02. The summed E-state index contributed by atoms with van der Waals surface area (Å²) in [7, 11) is 0. The van der Waals surface area contributed by atoms with Gasteiger partial charge in [0.1, 0.15) is 0 Å². The van der Waals surface area contributed by atoms with Gasteiger partial charge in [0.25, 0.3) is 0 Å². The molecule has 0 bridgehead atoms. The molecule has 0 aliphatic heterocycles. The second-order valence-electron chi connectivity index (χ2n) is 3.26. The van der Waals surface area contributed by atoms with Gasteiger partial charge in [0, 0.05) is 0 Å². The molecule has 2 unspecified atom stereocenters. The first-order valence-corrected chi connectivity index (χ1v) is 4.20. The van der Waals surface area contributed by atoms with E-state index in [9.17, 15) is 0 Å². The number of hydrogen-bond donors (Lipinski definition) is 1. The molecule has 1 nitrogen and oxygen atoms in total. The first-order valence-electron chi connectivity index (χ1n) is 4.20. The van der Waals surface area contributed by atoms with Gasteiger partial charge < -0.3 is 6.15 Å². The fourth-order valence-corrected chi connectivity index (χ4v) is 1.02. The van der Waals surface area contributed by atoms with Gasteiger partial charge in [-0.25, -0.2) is 0 Å². The lowest BCUT2D eigenvalue weighted by atomic mass is 9.94. The Kier molecular flexibility index (Phi) is 15.5. The topological polar surface area (TPSA) is 35.0 Å². The zero-order chi connectivity index (χ0) is 7.28. The van der Waals surface area contributed by atoms with Gasteiger partial charge in [0.05, 0.1) is 0 Å². The highest BCUT2D eigenvalue weighted by atomic mass is 14.1. The van der Waals surface area contributed by atoms with Crippen molar-refractivity contribution in [2.24, 2.45) is 11.8 Å². The minimum Gasteiger partial charge on any atom is -0.344 e. The van der Waals surface area contributed by atoms with Gasteiger partial charge in [-0.1, -0.05) is 48.0 Å². The highest BCUT2D eigenvalue weighted by Gasteiger charge is 2.03. The summed E-state index contributed by atoms with van der Waals surface area (Å²) in [4.78, 5) is 0. The summed E-state index contributed by atoms with van der Waals surface area (Å²) in [6.45, 7) is 9.22. The van der Waals surface area contributed by atoms with Crippen molar-refractivity contribution in [1.29, 1.82) is 0 Å². The lowest BCUT2D eigenvalue weighted by Crippen LogP contribution is -2.00. The maximum Gasteiger partial charge on any atom is -0.0443 e. The molecule has 0 aromatic heterocycles. The molecule has 0 rings (SSSR count). The van der Waals surface area contributed by atoms with Crippen LogP contribution in [0.5, 0.6) is 0 Å². The summed E-state index contributed by atoms with van der Waals surface area (Å²) < 4.78 is 0. The number of hydrogen-bond acceptors (Lipinski definition) is 1. The molecule has 72 valence electrons. The molecule has 0 heterocycles. The Hall–Kier alpha value is -0.0400. The van der Waals surface area contributed by atoms with Crippen LogP contribution in [0.1, 0.15) is 54.4 Å². The summed E-state index contributed by atoms with van der Waals surface area (Å²) in [5.74, 6) is 1.86. The molecule has 1 heteroatoms. The molecular weight excluding hydrogens is 134 g/mol. The SMILES string of the molecule is C.CCC(C)CC(C)CC.N. The highest BCUT2D eigenvalue weighted by molar-refractivity contribution is 4.55. The Bertz CT molecular complexity index is 53.9. The van der Waals surface area contributed by atoms with Gasteiger partial charge in [0.2, 0.25) is 0 Å². The van der Waals surface area contributed by atoms with E-state index in [0.717, 1.165) is 11.8 Å². The third kappa shape index (κ3) is 9.96. The van der Waals surface area contributed by atoms with E-state index in [0.29, 0.717) is 0 Å². The zero-order valence-corrected chi connectivity index (χ0v) is 7.98. The molecule has 2 atom stereocenters. The summed E-state index contributed by atoms with van der Waals surface area (Å²) in [6.07, 6.45) is 4.08. The van der Waals surface area contributed by atoms with E-state index in [2.05, 4.69) is 27.7 Å². The van der Waals surface area contributed by atoms with E-state index in [1.54, 1.807) is 0 Å². The number of rotatable bonds is 4. The Labute approximate surface area is 73.2 Å². The van der Waals surface area contributed by atoms with Crippen LogP contribution in [0, 0.1) is 11.8 Å². The van der Waals surface area contributed by atoms with Gasteiger partial charge >= 0.3 is 0 Å². The third-order valence-corrected chi connectivity index (χ3v) is 2.20. The summed E-state index contributed by atoms with van der Waals surface area (Å²) in [5.41, 5.74) is 0. The molecule has 3 N–H and O–H groups in total. The molecule has 0 saturated carbocycles. The summed E-state index contributed by atoms with van der Waals surface area (Å²) in [5, 5.41) is 0. The normalized spacial score (nSPS) is 14.2. The van der Waals surface area contributed by atoms with Crippen LogP contribution in [-0.2, 0) is 0 Å². The predicted molar refractivity (Wildman–Crippen MR) is 55.3 cm³/mol. The van der Waals surface area contributed by atoms with Crippen LogP contribution in [0.25, 0.3) is 0 Å².